The van der Waals surface area contributed by atoms with Gasteiger partial charge in [0.2, 0.25) is 5.91 Å². The van der Waals surface area contributed by atoms with E-state index in [-0.39, 0.29) is 30.3 Å². The van der Waals surface area contributed by atoms with Gasteiger partial charge >= 0.3 is 0 Å². The SMILES string of the molecule is Cc1cc(N2CC(=O)CC2=O)ccc1[N+](=O)[O-]. The molecule has 1 fully saturated rings. The highest BCUT2D eigenvalue weighted by molar-refractivity contribution is 6.15. The van der Waals surface area contributed by atoms with Gasteiger partial charge in [-0.1, -0.05) is 0 Å². The lowest BCUT2D eigenvalue weighted by Gasteiger charge is -2.14. The summed E-state index contributed by atoms with van der Waals surface area (Å²) in [6.07, 6.45) is -0.0873. The number of nitrogens with zero attached hydrogens (tertiary/aromatic N) is 2. The van der Waals surface area contributed by atoms with Crippen LogP contribution in [0.3, 0.4) is 0 Å². The molecule has 1 heterocycles. The van der Waals surface area contributed by atoms with E-state index in [2.05, 4.69) is 0 Å². The predicted molar refractivity (Wildman–Crippen MR) is 59.8 cm³/mol. The molecule has 0 radical (unpaired) electrons. The summed E-state index contributed by atoms with van der Waals surface area (Å²) < 4.78 is 0. The number of carbonyl (C=O) groups is 2. The van der Waals surface area contributed by atoms with Crippen LogP contribution in [0.5, 0.6) is 0 Å². The second-order valence-electron chi connectivity index (χ2n) is 3.92. The zero-order valence-corrected chi connectivity index (χ0v) is 9.17. The molecule has 0 unspecified atom stereocenters. The van der Waals surface area contributed by atoms with Crippen molar-refractivity contribution in [3.05, 3.63) is 33.9 Å². The Hall–Kier alpha value is -2.24. The molecule has 1 aromatic rings. The molecule has 17 heavy (non-hydrogen) atoms. The number of benzene rings is 1. The van der Waals surface area contributed by atoms with Crippen molar-refractivity contribution in [3.63, 3.8) is 0 Å². The first kappa shape index (κ1) is 11.3. The van der Waals surface area contributed by atoms with Gasteiger partial charge in [0, 0.05) is 17.3 Å². The summed E-state index contributed by atoms with van der Waals surface area (Å²) in [5, 5.41) is 10.6. The first-order valence-corrected chi connectivity index (χ1v) is 5.06. The Morgan fingerprint density at radius 3 is 2.53 bits per heavy atom. The minimum atomic E-state index is -0.476. The summed E-state index contributed by atoms with van der Waals surface area (Å²) in [6, 6.07) is 4.39. The number of hydrogen-bond donors (Lipinski definition) is 0. The molecule has 1 aliphatic heterocycles. The van der Waals surface area contributed by atoms with Crippen LogP contribution in [0.2, 0.25) is 0 Å². The third-order valence-electron chi connectivity index (χ3n) is 2.67. The molecule has 6 heteroatoms. The fourth-order valence-corrected chi connectivity index (χ4v) is 1.83. The Labute approximate surface area is 97.0 Å². The summed E-state index contributed by atoms with van der Waals surface area (Å²) in [5.41, 5.74) is 1.01. The molecule has 0 saturated carbocycles. The maximum Gasteiger partial charge on any atom is 0.272 e. The number of hydrogen-bond acceptors (Lipinski definition) is 4. The average Bonchev–Trinajstić information content (AvgIpc) is 2.57. The van der Waals surface area contributed by atoms with Crippen LogP contribution in [0, 0.1) is 17.0 Å². The van der Waals surface area contributed by atoms with Crippen LogP contribution in [0.25, 0.3) is 0 Å². The standard InChI is InChI=1S/C11H10N2O4/c1-7-4-8(2-3-10(7)13(16)17)12-6-9(14)5-11(12)15/h2-4H,5-6H2,1H3. The Morgan fingerprint density at radius 2 is 2.06 bits per heavy atom. The third-order valence-corrected chi connectivity index (χ3v) is 2.67. The Morgan fingerprint density at radius 1 is 1.35 bits per heavy atom. The predicted octanol–water partition coefficient (Wildman–Crippen LogP) is 1.21. The number of rotatable bonds is 2. The fraction of sp³-hybridized carbons (Fsp3) is 0.273. The molecule has 0 aliphatic carbocycles. The van der Waals surface area contributed by atoms with E-state index in [4.69, 9.17) is 0 Å². The molecule has 0 spiro atoms. The minimum Gasteiger partial charge on any atom is -0.305 e. The van der Waals surface area contributed by atoms with Gasteiger partial charge in [0.25, 0.3) is 5.69 Å². The van der Waals surface area contributed by atoms with E-state index in [1.165, 1.54) is 17.0 Å². The van der Waals surface area contributed by atoms with Gasteiger partial charge in [-0.05, 0) is 19.1 Å². The monoisotopic (exact) mass is 234 g/mol. The highest BCUT2D eigenvalue weighted by atomic mass is 16.6. The molecule has 0 bridgehead atoms. The maximum absolute atomic E-state index is 11.5. The highest BCUT2D eigenvalue weighted by Gasteiger charge is 2.29. The first-order valence-electron chi connectivity index (χ1n) is 5.06. The van der Waals surface area contributed by atoms with E-state index in [1.54, 1.807) is 13.0 Å². The molecule has 88 valence electrons. The fourth-order valence-electron chi connectivity index (χ4n) is 1.83. The number of amides is 1. The number of carbonyl (C=O) groups excluding carboxylic acids is 2. The summed E-state index contributed by atoms with van der Waals surface area (Å²) in [4.78, 5) is 34.1. The van der Waals surface area contributed by atoms with Crippen LogP contribution in [0.15, 0.2) is 18.2 Å². The highest BCUT2D eigenvalue weighted by Crippen LogP contribution is 2.26. The van der Waals surface area contributed by atoms with E-state index in [0.717, 1.165) is 0 Å². The quantitative estimate of drug-likeness (QED) is 0.437. The zero-order valence-electron chi connectivity index (χ0n) is 9.17. The zero-order chi connectivity index (χ0) is 12.6. The van der Waals surface area contributed by atoms with Crippen molar-refractivity contribution in [1.82, 2.24) is 0 Å². The van der Waals surface area contributed by atoms with E-state index < -0.39 is 4.92 Å². The lowest BCUT2D eigenvalue weighted by atomic mass is 10.1. The topological polar surface area (TPSA) is 80.5 Å². The number of aryl methyl sites for hydroxylation is 1. The van der Waals surface area contributed by atoms with Gasteiger partial charge in [0.1, 0.15) is 0 Å². The van der Waals surface area contributed by atoms with Crippen molar-refractivity contribution in [1.29, 1.82) is 0 Å². The van der Waals surface area contributed by atoms with Crippen molar-refractivity contribution < 1.29 is 14.5 Å². The van der Waals surface area contributed by atoms with Gasteiger partial charge in [-0.25, -0.2) is 0 Å². The molecular weight excluding hydrogens is 224 g/mol. The minimum absolute atomic E-state index is 0.00622. The number of anilines is 1. The summed E-state index contributed by atoms with van der Waals surface area (Å²) in [6.45, 7) is 1.65. The van der Waals surface area contributed by atoms with Crippen LogP contribution >= 0.6 is 0 Å². The van der Waals surface area contributed by atoms with E-state index in [0.29, 0.717) is 11.3 Å². The van der Waals surface area contributed by atoms with Crippen molar-refractivity contribution >= 4 is 23.1 Å². The van der Waals surface area contributed by atoms with Crippen LogP contribution in [-0.4, -0.2) is 23.2 Å². The maximum atomic E-state index is 11.5. The molecule has 1 aromatic carbocycles. The molecule has 0 atom stereocenters. The van der Waals surface area contributed by atoms with Crippen molar-refractivity contribution in [2.24, 2.45) is 0 Å². The Balaban J connectivity index is 2.35. The van der Waals surface area contributed by atoms with Crippen LogP contribution in [0.4, 0.5) is 11.4 Å². The average molecular weight is 234 g/mol. The van der Waals surface area contributed by atoms with Crippen molar-refractivity contribution in [3.8, 4) is 0 Å². The van der Waals surface area contributed by atoms with Gasteiger partial charge in [-0.15, -0.1) is 0 Å². The van der Waals surface area contributed by atoms with Crippen molar-refractivity contribution in [2.75, 3.05) is 11.4 Å². The van der Waals surface area contributed by atoms with Crippen LogP contribution < -0.4 is 4.90 Å². The molecule has 0 N–H and O–H groups in total. The Kier molecular flexibility index (Phi) is 2.63. The van der Waals surface area contributed by atoms with Gasteiger partial charge < -0.3 is 4.90 Å². The summed E-state index contributed by atoms with van der Waals surface area (Å²) in [5.74, 6) is -0.394. The van der Waals surface area contributed by atoms with Gasteiger partial charge in [-0.3, -0.25) is 19.7 Å². The normalized spacial score (nSPS) is 15.5. The van der Waals surface area contributed by atoms with Crippen LogP contribution in [0.1, 0.15) is 12.0 Å². The summed E-state index contributed by atoms with van der Waals surface area (Å²) in [7, 11) is 0. The number of ketones is 1. The third kappa shape index (κ3) is 2.01. The lowest BCUT2D eigenvalue weighted by molar-refractivity contribution is -0.385. The van der Waals surface area contributed by atoms with E-state index >= 15 is 0 Å². The number of Topliss-reactive ketones (excluding diaryl/α,β-unsaturated/α-hetero) is 1. The van der Waals surface area contributed by atoms with Gasteiger partial charge in [0.15, 0.2) is 5.78 Å². The molecule has 1 amide bonds. The second kappa shape index (κ2) is 3.97. The van der Waals surface area contributed by atoms with E-state index in [1.807, 2.05) is 0 Å². The largest absolute Gasteiger partial charge is 0.305 e. The number of nitro benzene ring substituents is 1. The molecule has 6 nitrogen and oxygen atoms in total. The van der Waals surface area contributed by atoms with Crippen molar-refractivity contribution in [2.45, 2.75) is 13.3 Å². The van der Waals surface area contributed by atoms with Crippen LogP contribution in [-0.2, 0) is 9.59 Å². The smallest absolute Gasteiger partial charge is 0.272 e. The van der Waals surface area contributed by atoms with Gasteiger partial charge in [-0.2, -0.15) is 0 Å². The lowest BCUT2D eigenvalue weighted by Crippen LogP contribution is -2.24. The molecule has 0 aromatic heterocycles. The number of nitro groups is 1. The summed E-state index contributed by atoms with van der Waals surface area (Å²) >= 11 is 0. The molecule has 1 aliphatic rings. The first-order chi connectivity index (χ1) is 7.99. The van der Waals surface area contributed by atoms with E-state index in [9.17, 15) is 19.7 Å². The molecule has 1 saturated heterocycles. The molecule has 2 rings (SSSR count). The second-order valence-corrected chi connectivity index (χ2v) is 3.92. The van der Waals surface area contributed by atoms with Gasteiger partial charge in [0.05, 0.1) is 17.9 Å². The molecular formula is C11H10N2O4. The Bertz CT molecular complexity index is 524.